The Morgan fingerprint density at radius 3 is 2.33 bits per heavy atom. The van der Waals surface area contributed by atoms with Gasteiger partial charge in [-0.25, -0.2) is 9.97 Å². The summed E-state index contributed by atoms with van der Waals surface area (Å²) in [4.78, 5) is 11.2. The van der Waals surface area contributed by atoms with Gasteiger partial charge in [0.2, 0.25) is 5.95 Å². The highest BCUT2D eigenvalue weighted by Gasteiger charge is 2.16. The Labute approximate surface area is 129 Å². The second-order valence-electron chi connectivity index (χ2n) is 7.38. The average molecular weight is 290 g/mol. The zero-order chi connectivity index (χ0) is 15.3. The molecule has 1 fully saturated rings. The van der Waals surface area contributed by atoms with Crippen LogP contribution < -0.4 is 10.2 Å². The van der Waals surface area contributed by atoms with Crippen molar-refractivity contribution in [1.82, 2.24) is 15.3 Å². The average Bonchev–Trinajstić information content (AvgIpc) is 2.46. The number of aromatic nitrogens is 2. The fourth-order valence-electron chi connectivity index (χ4n) is 2.84. The summed E-state index contributed by atoms with van der Waals surface area (Å²) in [6.45, 7) is 8.40. The molecule has 0 radical (unpaired) electrons. The molecule has 0 spiro atoms. The van der Waals surface area contributed by atoms with Crippen molar-refractivity contribution in [3.63, 3.8) is 0 Å². The highest BCUT2D eigenvalue weighted by Crippen LogP contribution is 2.24. The van der Waals surface area contributed by atoms with Gasteiger partial charge in [-0.05, 0) is 39.5 Å². The largest absolute Gasteiger partial charge is 0.344 e. The smallest absolute Gasteiger partial charge is 0.225 e. The molecule has 0 bridgehead atoms. The molecule has 118 valence electrons. The first-order chi connectivity index (χ1) is 9.94. The van der Waals surface area contributed by atoms with Gasteiger partial charge in [0.15, 0.2) is 0 Å². The van der Waals surface area contributed by atoms with Crippen LogP contribution in [-0.2, 0) is 6.54 Å². The fourth-order valence-corrected chi connectivity index (χ4v) is 2.84. The molecule has 1 aromatic heterocycles. The first kappa shape index (κ1) is 16.2. The first-order valence-corrected chi connectivity index (χ1v) is 8.21. The third kappa shape index (κ3) is 5.62. The van der Waals surface area contributed by atoms with Crippen molar-refractivity contribution in [2.24, 2.45) is 5.92 Å². The molecule has 1 aliphatic carbocycles. The third-order valence-electron chi connectivity index (χ3n) is 4.11. The second kappa shape index (κ2) is 7.21. The van der Waals surface area contributed by atoms with E-state index < -0.39 is 0 Å². The van der Waals surface area contributed by atoms with E-state index in [1.54, 1.807) is 0 Å². The van der Waals surface area contributed by atoms with Crippen LogP contribution in [0.3, 0.4) is 0 Å². The van der Waals surface area contributed by atoms with E-state index in [9.17, 15) is 0 Å². The SMILES string of the molecule is CN(CC1CCCCC1)c1ncc(CNC(C)(C)C)cn1. The van der Waals surface area contributed by atoms with Gasteiger partial charge in [-0.2, -0.15) is 0 Å². The number of anilines is 1. The zero-order valence-corrected chi connectivity index (χ0v) is 14.0. The number of rotatable bonds is 5. The van der Waals surface area contributed by atoms with Crippen molar-refractivity contribution >= 4 is 5.95 Å². The van der Waals surface area contributed by atoms with Crippen LogP contribution in [0.15, 0.2) is 12.4 Å². The van der Waals surface area contributed by atoms with Gasteiger partial charge >= 0.3 is 0 Å². The third-order valence-corrected chi connectivity index (χ3v) is 4.11. The molecule has 1 aromatic rings. The summed E-state index contributed by atoms with van der Waals surface area (Å²) < 4.78 is 0. The van der Waals surface area contributed by atoms with Crippen LogP contribution in [-0.4, -0.2) is 29.1 Å². The summed E-state index contributed by atoms with van der Waals surface area (Å²) in [6.07, 6.45) is 10.8. The molecule has 4 heteroatoms. The number of hydrogen-bond acceptors (Lipinski definition) is 4. The van der Waals surface area contributed by atoms with E-state index >= 15 is 0 Å². The molecular formula is C17H30N4. The maximum Gasteiger partial charge on any atom is 0.225 e. The van der Waals surface area contributed by atoms with Crippen LogP contribution in [0.5, 0.6) is 0 Å². The van der Waals surface area contributed by atoms with Crippen molar-refractivity contribution in [1.29, 1.82) is 0 Å². The Bertz CT molecular complexity index is 415. The molecule has 1 heterocycles. The standard InChI is InChI=1S/C17H30N4/c1-17(2,3)20-12-15-10-18-16(19-11-15)21(4)13-14-8-6-5-7-9-14/h10-11,14,20H,5-9,12-13H2,1-4H3. The first-order valence-electron chi connectivity index (χ1n) is 8.21. The minimum atomic E-state index is 0.121. The predicted molar refractivity (Wildman–Crippen MR) is 88.5 cm³/mol. The molecule has 0 unspecified atom stereocenters. The molecule has 0 amide bonds. The lowest BCUT2D eigenvalue weighted by molar-refractivity contribution is 0.361. The van der Waals surface area contributed by atoms with Crippen LogP contribution in [0.2, 0.25) is 0 Å². The molecule has 0 saturated heterocycles. The van der Waals surface area contributed by atoms with Gasteiger partial charge in [-0.1, -0.05) is 19.3 Å². The number of nitrogens with zero attached hydrogens (tertiary/aromatic N) is 3. The van der Waals surface area contributed by atoms with Crippen molar-refractivity contribution < 1.29 is 0 Å². The van der Waals surface area contributed by atoms with Crippen LogP contribution in [0, 0.1) is 5.92 Å². The van der Waals surface area contributed by atoms with Crippen molar-refractivity contribution in [2.75, 3.05) is 18.5 Å². The summed E-state index contributed by atoms with van der Waals surface area (Å²) >= 11 is 0. The monoisotopic (exact) mass is 290 g/mol. The predicted octanol–water partition coefficient (Wildman–Crippen LogP) is 3.38. The van der Waals surface area contributed by atoms with E-state index in [4.69, 9.17) is 0 Å². The summed E-state index contributed by atoms with van der Waals surface area (Å²) in [6, 6.07) is 0. The molecule has 21 heavy (non-hydrogen) atoms. The minimum absolute atomic E-state index is 0.121. The Morgan fingerprint density at radius 2 is 1.76 bits per heavy atom. The van der Waals surface area contributed by atoms with E-state index in [0.717, 1.165) is 30.5 Å². The van der Waals surface area contributed by atoms with E-state index in [0.29, 0.717) is 0 Å². The molecule has 4 nitrogen and oxygen atoms in total. The minimum Gasteiger partial charge on any atom is -0.344 e. The normalized spacial score (nSPS) is 17.0. The quantitative estimate of drug-likeness (QED) is 0.902. The second-order valence-corrected chi connectivity index (χ2v) is 7.38. The van der Waals surface area contributed by atoms with E-state index in [1.165, 1.54) is 32.1 Å². The Kier molecular flexibility index (Phi) is 5.57. The molecular weight excluding hydrogens is 260 g/mol. The van der Waals surface area contributed by atoms with E-state index in [2.05, 4.69) is 48.0 Å². The molecule has 0 atom stereocenters. The zero-order valence-electron chi connectivity index (χ0n) is 14.0. The fraction of sp³-hybridized carbons (Fsp3) is 0.765. The van der Waals surface area contributed by atoms with Gasteiger partial charge in [0, 0.05) is 43.6 Å². The van der Waals surface area contributed by atoms with Crippen LogP contribution in [0.4, 0.5) is 5.95 Å². The topological polar surface area (TPSA) is 41.1 Å². The number of hydrogen-bond donors (Lipinski definition) is 1. The summed E-state index contributed by atoms with van der Waals surface area (Å²) in [5, 5.41) is 3.46. The van der Waals surface area contributed by atoms with Gasteiger partial charge in [-0.15, -0.1) is 0 Å². The Morgan fingerprint density at radius 1 is 1.14 bits per heavy atom. The lowest BCUT2D eigenvalue weighted by atomic mass is 9.89. The van der Waals surface area contributed by atoms with Gasteiger partial charge in [0.05, 0.1) is 0 Å². The van der Waals surface area contributed by atoms with Crippen LogP contribution in [0.1, 0.15) is 58.4 Å². The summed E-state index contributed by atoms with van der Waals surface area (Å²) in [5.41, 5.74) is 1.26. The molecule has 1 N–H and O–H groups in total. The number of nitrogens with one attached hydrogen (secondary N) is 1. The van der Waals surface area contributed by atoms with E-state index in [-0.39, 0.29) is 5.54 Å². The van der Waals surface area contributed by atoms with Crippen molar-refractivity contribution in [3.8, 4) is 0 Å². The molecule has 1 aliphatic rings. The Hall–Kier alpha value is -1.16. The maximum absolute atomic E-state index is 4.52. The molecule has 0 aromatic carbocycles. The van der Waals surface area contributed by atoms with Gasteiger partial charge in [-0.3, -0.25) is 0 Å². The molecule has 0 aliphatic heterocycles. The van der Waals surface area contributed by atoms with Crippen LogP contribution in [0.25, 0.3) is 0 Å². The highest BCUT2D eigenvalue weighted by molar-refractivity contribution is 5.28. The van der Waals surface area contributed by atoms with Crippen molar-refractivity contribution in [2.45, 2.75) is 65.0 Å². The summed E-state index contributed by atoms with van der Waals surface area (Å²) in [7, 11) is 2.11. The molecule has 1 saturated carbocycles. The van der Waals surface area contributed by atoms with Crippen molar-refractivity contribution in [3.05, 3.63) is 18.0 Å². The summed E-state index contributed by atoms with van der Waals surface area (Å²) in [5.74, 6) is 1.66. The lowest BCUT2D eigenvalue weighted by Gasteiger charge is -2.27. The molecule has 2 rings (SSSR count). The highest BCUT2D eigenvalue weighted by atomic mass is 15.2. The van der Waals surface area contributed by atoms with Gasteiger partial charge in [0.1, 0.15) is 0 Å². The van der Waals surface area contributed by atoms with E-state index in [1.807, 2.05) is 12.4 Å². The lowest BCUT2D eigenvalue weighted by Crippen LogP contribution is -2.35. The maximum atomic E-state index is 4.52. The van der Waals surface area contributed by atoms with Gasteiger partial charge in [0.25, 0.3) is 0 Å². The van der Waals surface area contributed by atoms with Crippen LogP contribution >= 0.6 is 0 Å². The van der Waals surface area contributed by atoms with Gasteiger partial charge < -0.3 is 10.2 Å². The Balaban J connectivity index is 1.85.